The van der Waals surface area contributed by atoms with Crippen LogP contribution in [0.2, 0.25) is 5.02 Å². The normalized spacial score (nSPS) is 16.2. The Kier molecular flexibility index (Phi) is 5.20. The van der Waals surface area contributed by atoms with Crippen LogP contribution in [0.4, 0.5) is 5.69 Å². The fourth-order valence-corrected chi connectivity index (χ4v) is 4.13. The molecule has 3 aromatic rings. The molecule has 3 nitrogen and oxygen atoms in total. The fraction of sp³-hybridized carbons (Fsp3) is 0.150. The van der Waals surface area contributed by atoms with E-state index in [1.807, 2.05) is 12.1 Å². The van der Waals surface area contributed by atoms with E-state index in [4.69, 9.17) is 23.8 Å². The first kappa shape index (κ1) is 17.8. The van der Waals surface area contributed by atoms with Gasteiger partial charge in [0.2, 0.25) is 0 Å². The number of aromatic nitrogens is 1. The van der Waals surface area contributed by atoms with Crippen LogP contribution in [-0.4, -0.2) is 21.1 Å². The Morgan fingerprint density at radius 3 is 2.50 bits per heavy atom. The fourth-order valence-electron chi connectivity index (χ4n) is 3.33. The van der Waals surface area contributed by atoms with Gasteiger partial charge < -0.3 is 14.8 Å². The molecule has 1 N–H and O–H groups in total. The number of hydrogen-bond donors (Lipinski definition) is 1. The minimum absolute atomic E-state index is 0.0693. The molecule has 0 unspecified atom stereocenters. The van der Waals surface area contributed by atoms with Crippen molar-refractivity contribution in [3.63, 3.8) is 0 Å². The van der Waals surface area contributed by atoms with Crippen LogP contribution in [0.5, 0.6) is 0 Å². The van der Waals surface area contributed by atoms with Crippen LogP contribution in [-0.2, 0) is 6.54 Å². The van der Waals surface area contributed by atoms with E-state index in [-0.39, 0.29) is 6.04 Å². The Labute approximate surface area is 177 Å². The number of fused-ring (bicyclic) bond motifs is 1. The molecule has 0 bridgehead atoms. The van der Waals surface area contributed by atoms with Crippen molar-refractivity contribution in [1.82, 2.24) is 9.47 Å². The number of halogens is 2. The quantitative estimate of drug-likeness (QED) is 0.373. The lowest BCUT2D eigenvalue weighted by Gasteiger charge is -2.39. The molecule has 1 aliphatic heterocycles. The molecule has 0 spiro atoms. The third-order valence-electron chi connectivity index (χ3n) is 4.58. The molecule has 0 fully saturated rings. The number of nitrogens with one attached hydrogen (secondary N) is 1. The van der Waals surface area contributed by atoms with Crippen molar-refractivity contribution in [3.8, 4) is 0 Å². The molecule has 0 saturated carbocycles. The van der Waals surface area contributed by atoms with Crippen LogP contribution in [0, 0.1) is 3.57 Å². The zero-order valence-corrected chi connectivity index (χ0v) is 17.6. The number of benzene rings is 2. The van der Waals surface area contributed by atoms with E-state index in [1.165, 1.54) is 14.8 Å². The minimum atomic E-state index is 0.0693. The van der Waals surface area contributed by atoms with Gasteiger partial charge in [-0.3, -0.25) is 0 Å². The predicted octanol–water partition coefficient (Wildman–Crippen LogP) is 5.55. The summed E-state index contributed by atoms with van der Waals surface area (Å²) in [6.45, 7) is 1.77. The highest BCUT2D eigenvalue weighted by atomic mass is 127. The van der Waals surface area contributed by atoms with Crippen LogP contribution < -0.4 is 5.32 Å². The third-order valence-corrected chi connectivity index (χ3v) is 5.89. The minimum Gasteiger partial charge on any atom is -0.348 e. The van der Waals surface area contributed by atoms with Gasteiger partial charge in [0.1, 0.15) is 0 Å². The van der Waals surface area contributed by atoms with Gasteiger partial charge in [-0.15, -0.1) is 0 Å². The van der Waals surface area contributed by atoms with Crippen molar-refractivity contribution in [2.75, 3.05) is 11.9 Å². The molecule has 4 rings (SSSR count). The maximum Gasteiger partial charge on any atom is 0.174 e. The molecule has 0 amide bonds. The summed E-state index contributed by atoms with van der Waals surface area (Å²) < 4.78 is 3.50. The average Bonchev–Trinajstić information content (AvgIpc) is 3.12. The van der Waals surface area contributed by atoms with Gasteiger partial charge in [0, 0.05) is 39.3 Å². The molecule has 26 heavy (non-hydrogen) atoms. The molecule has 1 aliphatic rings. The Hall–Kier alpha value is -1.57. The lowest BCUT2D eigenvalue weighted by molar-refractivity contribution is 0.293. The second-order valence-corrected chi connectivity index (χ2v) is 8.28. The van der Waals surface area contributed by atoms with Crippen molar-refractivity contribution in [2.45, 2.75) is 12.6 Å². The van der Waals surface area contributed by atoms with Gasteiger partial charge in [0.15, 0.2) is 5.11 Å². The highest BCUT2D eigenvalue weighted by molar-refractivity contribution is 14.1. The maximum atomic E-state index is 6.09. The number of hydrogen-bond acceptors (Lipinski definition) is 1. The Morgan fingerprint density at radius 1 is 1.04 bits per heavy atom. The summed E-state index contributed by atoms with van der Waals surface area (Å²) in [6.07, 6.45) is 2.13. The van der Waals surface area contributed by atoms with E-state index in [2.05, 4.69) is 92.1 Å². The van der Waals surface area contributed by atoms with E-state index in [0.29, 0.717) is 0 Å². The lowest BCUT2D eigenvalue weighted by Crippen LogP contribution is -2.44. The molecular formula is C20H17ClIN3S. The first-order chi connectivity index (χ1) is 12.6. The lowest BCUT2D eigenvalue weighted by atomic mass is 10.0. The molecule has 0 aliphatic carbocycles. The van der Waals surface area contributed by atoms with E-state index in [0.717, 1.165) is 28.9 Å². The molecule has 2 aromatic carbocycles. The van der Waals surface area contributed by atoms with Gasteiger partial charge in [0.25, 0.3) is 0 Å². The second kappa shape index (κ2) is 7.58. The van der Waals surface area contributed by atoms with Gasteiger partial charge >= 0.3 is 0 Å². The summed E-state index contributed by atoms with van der Waals surface area (Å²) in [6, 6.07) is 20.6. The smallest absolute Gasteiger partial charge is 0.174 e. The van der Waals surface area contributed by atoms with Gasteiger partial charge in [-0.2, -0.15) is 0 Å². The van der Waals surface area contributed by atoms with E-state index >= 15 is 0 Å². The zero-order valence-electron chi connectivity index (χ0n) is 13.9. The summed E-state index contributed by atoms with van der Waals surface area (Å²) in [5.74, 6) is 0. The maximum absolute atomic E-state index is 6.09. The van der Waals surface area contributed by atoms with E-state index in [1.54, 1.807) is 0 Å². The molecule has 2 heterocycles. The molecule has 6 heteroatoms. The Morgan fingerprint density at radius 2 is 1.77 bits per heavy atom. The van der Waals surface area contributed by atoms with Crippen molar-refractivity contribution >= 4 is 57.2 Å². The summed E-state index contributed by atoms with van der Waals surface area (Å²) in [5, 5.41) is 4.87. The molecule has 0 saturated heterocycles. The monoisotopic (exact) mass is 493 g/mol. The summed E-state index contributed by atoms with van der Waals surface area (Å²) in [5.41, 5.74) is 3.43. The summed E-state index contributed by atoms with van der Waals surface area (Å²) >= 11 is 14.2. The molecule has 132 valence electrons. The van der Waals surface area contributed by atoms with Crippen molar-refractivity contribution in [3.05, 3.63) is 86.7 Å². The van der Waals surface area contributed by atoms with Crippen LogP contribution in [0.1, 0.15) is 17.3 Å². The summed E-state index contributed by atoms with van der Waals surface area (Å²) in [4.78, 5) is 2.26. The summed E-state index contributed by atoms with van der Waals surface area (Å²) in [7, 11) is 0. The topological polar surface area (TPSA) is 20.2 Å². The van der Waals surface area contributed by atoms with Crippen molar-refractivity contribution < 1.29 is 0 Å². The standard InChI is InChI=1S/C20H17ClIN3S/c21-15-5-3-14(4-6-15)19-18-2-1-11-24(18)12-13-25(19)20(26)23-17-9-7-16(22)8-10-17/h1-11,19H,12-13H2,(H,23,26)/t19-/m1/s1. The van der Waals surface area contributed by atoms with E-state index in [9.17, 15) is 0 Å². The van der Waals surface area contributed by atoms with Gasteiger partial charge in [-0.05, 0) is 88.9 Å². The van der Waals surface area contributed by atoms with Crippen LogP contribution in [0.3, 0.4) is 0 Å². The highest BCUT2D eigenvalue weighted by Gasteiger charge is 2.30. The Bertz CT molecular complexity index is 921. The average molecular weight is 494 g/mol. The Balaban J connectivity index is 1.66. The SMILES string of the molecule is S=C(Nc1ccc(I)cc1)N1CCn2cccc2[C@H]1c1ccc(Cl)cc1. The number of thiocarbonyl (C=S) groups is 1. The largest absolute Gasteiger partial charge is 0.348 e. The van der Waals surface area contributed by atoms with Gasteiger partial charge in [-0.1, -0.05) is 23.7 Å². The molecule has 1 aromatic heterocycles. The van der Waals surface area contributed by atoms with Gasteiger partial charge in [-0.25, -0.2) is 0 Å². The zero-order chi connectivity index (χ0) is 18.1. The molecule has 1 atom stereocenters. The molecular weight excluding hydrogens is 477 g/mol. The first-order valence-electron chi connectivity index (χ1n) is 8.35. The van der Waals surface area contributed by atoms with Crippen LogP contribution >= 0.6 is 46.4 Å². The second-order valence-electron chi connectivity index (χ2n) is 6.21. The first-order valence-corrected chi connectivity index (χ1v) is 10.2. The van der Waals surface area contributed by atoms with Gasteiger partial charge in [0.05, 0.1) is 6.04 Å². The number of nitrogens with zero attached hydrogens (tertiary/aromatic N) is 2. The predicted molar refractivity (Wildman–Crippen MR) is 120 cm³/mol. The van der Waals surface area contributed by atoms with Crippen LogP contribution in [0.15, 0.2) is 66.9 Å². The number of anilines is 1. The molecule has 0 radical (unpaired) electrons. The highest BCUT2D eigenvalue weighted by Crippen LogP contribution is 2.33. The van der Waals surface area contributed by atoms with Crippen molar-refractivity contribution in [1.29, 1.82) is 0 Å². The van der Waals surface area contributed by atoms with Crippen molar-refractivity contribution in [2.24, 2.45) is 0 Å². The number of rotatable bonds is 2. The van der Waals surface area contributed by atoms with E-state index < -0.39 is 0 Å². The third kappa shape index (κ3) is 3.61. The van der Waals surface area contributed by atoms with Crippen LogP contribution in [0.25, 0.3) is 0 Å².